The van der Waals surface area contributed by atoms with E-state index in [4.69, 9.17) is 4.74 Å². The zero-order valence-electron chi connectivity index (χ0n) is 19.1. The number of nitrogens with zero attached hydrogens (tertiary/aromatic N) is 1. The number of anilines is 1. The van der Waals surface area contributed by atoms with E-state index in [0.717, 1.165) is 17.6 Å². The summed E-state index contributed by atoms with van der Waals surface area (Å²) in [5.74, 6) is -0.144. The van der Waals surface area contributed by atoms with Crippen molar-refractivity contribution >= 4 is 35.1 Å². The fourth-order valence-corrected chi connectivity index (χ4v) is 6.28. The molecule has 3 amide bonds. The summed E-state index contributed by atoms with van der Waals surface area (Å²) in [4.78, 5) is 42.0. The highest BCUT2D eigenvalue weighted by atomic mass is 16.5. The first-order chi connectivity index (χ1) is 15.6. The molecule has 1 aromatic rings. The Kier molecular flexibility index (Phi) is 3.78. The third-order valence-electron chi connectivity index (χ3n) is 7.89. The minimum atomic E-state index is -1.31. The second-order valence-electron chi connectivity index (χ2n) is 10.5. The monoisotopic (exact) mass is 445 g/mol. The molecule has 1 aromatic carbocycles. The molecule has 33 heavy (non-hydrogen) atoms. The topological polar surface area (TPSA) is 87.7 Å². The largest absolute Gasteiger partial charge is 0.483 e. The smallest absolute Gasteiger partial charge is 0.256 e. The van der Waals surface area contributed by atoms with Crippen molar-refractivity contribution < 1.29 is 19.1 Å². The van der Waals surface area contributed by atoms with E-state index >= 15 is 0 Å². The molecule has 6 heterocycles. The van der Waals surface area contributed by atoms with Gasteiger partial charge in [-0.2, -0.15) is 0 Å². The van der Waals surface area contributed by atoms with Crippen LogP contribution in [0.25, 0.3) is 11.6 Å². The van der Waals surface area contributed by atoms with Crippen molar-refractivity contribution in [3.63, 3.8) is 0 Å². The van der Waals surface area contributed by atoms with E-state index in [1.807, 2.05) is 45.1 Å². The van der Waals surface area contributed by atoms with Crippen LogP contribution in [0.2, 0.25) is 0 Å². The van der Waals surface area contributed by atoms with Crippen LogP contribution in [0.4, 0.5) is 5.69 Å². The van der Waals surface area contributed by atoms with Crippen LogP contribution < -0.4 is 15.4 Å². The molecule has 0 unspecified atom stereocenters. The second-order valence-corrected chi connectivity index (χ2v) is 10.5. The summed E-state index contributed by atoms with van der Waals surface area (Å²) in [5.41, 5.74) is 0.858. The normalized spacial score (nSPS) is 33.9. The molecule has 7 rings (SSSR count). The van der Waals surface area contributed by atoms with Crippen molar-refractivity contribution in [1.82, 2.24) is 10.2 Å². The van der Waals surface area contributed by atoms with E-state index in [0.29, 0.717) is 42.0 Å². The maximum Gasteiger partial charge on any atom is 0.256 e. The summed E-state index contributed by atoms with van der Waals surface area (Å²) in [6, 6.07) is 3.70. The van der Waals surface area contributed by atoms with Gasteiger partial charge in [0.25, 0.3) is 11.8 Å². The summed E-state index contributed by atoms with van der Waals surface area (Å²) < 4.78 is 6.05. The van der Waals surface area contributed by atoms with Crippen LogP contribution in [-0.4, -0.2) is 45.8 Å². The Labute approximate surface area is 192 Å². The molecule has 1 spiro atoms. The van der Waals surface area contributed by atoms with Gasteiger partial charge in [-0.15, -0.1) is 0 Å². The number of ether oxygens (including phenoxy) is 1. The zero-order chi connectivity index (χ0) is 23.3. The van der Waals surface area contributed by atoms with Gasteiger partial charge in [-0.05, 0) is 70.4 Å². The van der Waals surface area contributed by atoms with Crippen molar-refractivity contribution in [3.05, 3.63) is 47.6 Å². The van der Waals surface area contributed by atoms with Crippen LogP contribution in [0, 0.1) is 5.92 Å². The number of hydrogen-bond donors (Lipinski definition) is 2. The SMILES string of the molecule is C=C(C)[C@@H]1C[C@]23CCCN2C(=O)[C@@]1(/C=C1\C(=O)Nc2c1ccc1c2C=CC(C)(C)O1)NC3=O. The number of carbonyl (C=O) groups is 3. The van der Waals surface area contributed by atoms with Gasteiger partial charge in [0, 0.05) is 29.2 Å². The minimum absolute atomic E-state index is 0.128. The van der Waals surface area contributed by atoms with Gasteiger partial charge in [0.05, 0.1) is 5.69 Å². The molecule has 6 aliphatic rings. The number of piperazine rings is 1. The number of rotatable bonds is 2. The Hall–Kier alpha value is -3.35. The number of benzene rings is 1. The third-order valence-corrected chi connectivity index (χ3v) is 7.89. The molecule has 7 nitrogen and oxygen atoms in total. The van der Waals surface area contributed by atoms with E-state index in [1.165, 1.54) is 0 Å². The third kappa shape index (κ3) is 2.48. The summed E-state index contributed by atoms with van der Waals surface area (Å²) in [5, 5.41) is 6.00. The number of amides is 3. The molecule has 6 aliphatic heterocycles. The maximum atomic E-state index is 13.8. The van der Waals surface area contributed by atoms with Gasteiger partial charge in [0.1, 0.15) is 22.4 Å². The standard InChI is InChI=1S/C26H27N3O4/c1-14(2)18-13-25-9-5-11-29(25)23(32)26(18,28-22(25)31)12-17-15-6-7-19-16(20(15)27-21(17)30)8-10-24(3,4)33-19/h6-8,10,12,18H,1,5,9,11,13H2,2-4H3,(H,27,30)(H,28,31)/b17-12-/t18-,25-,26-/m0/s1. The molecule has 3 atom stereocenters. The highest BCUT2D eigenvalue weighted by Crippen LogP contribution is 2.53. The van der Waals surface area contributed by atoms with Crippen LogP contribution in [0.1, 0.15) is 51.2 Å². The van der Waals surface area contributed by atoms with Gasteiger partial charge in [-0.25, -0.2) is 0 Å². The van der Waals surface area contributed by atoms with E-state index in [-0.39, 0.29) is 23.6 Å². The average molecular weight is 446 g/mol. The van der Waals surface area contributed by atoms with E-state index in [9.17, 15) is 14.4 Å². The fourth-order valence-electron chi connectivity index (χ4n) is 6.28. The van der Waals surface area contributed by atoms with Gasteiger partial charge in [-0.1, -0.05) is 12.2 Å². The lowest BCUT2D eigenvalue weighted by atomic mass is 9.62. The van der Waals surface area contributed by atoms with Gasteiger partial charge < -0.3 is 20.3 Å². The van der Waals surface area contributed by atoms with Crippen molar-refractivity contribution in [3.8, 4) is 5.75 Å². The Morgan fingerprint density at radius 2 is 2.06 bits per heavy atom. The van der Waals surface area contributed by atoms with Crippen molar-refractivity contribution in [2.75, 3.05) is 11.9 Å². The molecule has 2 N–H and O–H groups in total. The maximum absolute atomic E-state index is 13.8. The van der Waals surface area contributed by atoms with Crippen LogP contribution in [0.3, 0.4) is 0 Å². The summed E-state index contributed by atoms with van der Waals surface area (Å²) in [6.07, 6.45) is 7.60. The number of carbonyl (C=O) groups excluding carboxylic acids is 3. The molecule has 170 valence electrons. The van der Waals surface area contributed by atoms with Crippen molar-refractivity contribution in [2.24, 2.45) is 5.92 Å². The van der Waals surface area contributed by atoms with Gasteiger partial charge in [0.15, 0.2) is 0 Å². The van der Waals surface area contributed by atoms with E-state index in [1.54, 1.807) is 11.0 Å². The number of hydrogen-bond acceptors (Lipinski definition) is 4. The Morgan fingerprint density at radius 1 is 1.27 bits per heavy atom. The summed E-state index contributed by atoms with van der Waals surface area (Å²) in [6.45, 7) is 10.5. The first-order valence-electron chi connectivity index (χ1n) is 11.5. The Balaban J connectivity index is 1.51. The predicted molar refractivity (Wildman–Crippen MR) is 124 cm³/mol. The second kappa shape index (κ2) is 6.16. The van der Waals surface area contributed by atoms with Gasteiger partial charge >= 0.3 is 0 Å². The summed E-state index contributed by atoms with van der Waals surface area (Å²) in [7, 11) is 0. The molecule has 4 fully saturated rings. The zero-order valence-corrected chi connectivity index (χ0v) is 19.1. The minimum Gasteiger partial charge on any atom is -0.483 e. The molecule has 0 saturated carbocycles. The van der Waals surface area contributed by atoms with Crippen molar-refractivity contribution in [2.45, 2.75) is 56.7 Å². The Bertz CT molecular complexity index is 1240. The lowest BCUT2D eigenvalue weighted by Gasteiger charge is -2.58. The molecule has 0 radical (unpaired) electrons. The van der Waals surface area contributed by atoms with E-state index < -0.39 is 16.7 Å². The van der Waals surface area contributed by atoms with Crippen LogP contribution >= 0.6 is 0 Å². The van der Waals surface area contributed by atoms with Crippen LogP contribution in [0.5, 0.6) is 5.75 Å². The predicted octanol–water partition coefficient (Wildman–Crippen LogP) is 3.03. The summed E-state index contributed by atoms with van der Waals surface area (Å²) >= 11 is 0. The molecule has 0 aromatic heterocycles. The molecular formula is C26H27N3O4. The Morgan fingerprint density at radius 3 is 2.82 bits per heavy atom. The van der Waals surface area contributed by atoms with Crippen LogP contribution in [0.15, 0.2) is 36.4 Å². The molecule has 4 saturated heterocycles. The number of nitrogens with one attached hydrogen (secondary N) is 2. The first-order valence-corrected chi connectivity index (χ1v) is 11.5. The number of fused-ring (bicyclic) bond motifs is 5. The highest BCUT2D eigenvalue weighted by Gasteiger charge is 2.68. The molecular weight excluding hydrogens is 418 g/mol. The average Bonchev–Trinajstić information content (AvgIpc) is 3.31. The quantitative estimate of drug-likeness (QED) is 0.541. The van der Waals surface area contributed by atoms with Gasteiger partial charge in [-0.3, -0.25) is 14.4 Å². The van der Waals surface area contributed by atoms with Crippen molar-refractivity contribution in [1.29, 1.82) is 0 Å². The highest BCUT2D eigenvalue weighted by molar-refractivity contribution is 6.33. The molecule has 7 heteroatoms. The number of piperidine rings is 2. The van der Waals surface area contributed by atoms with Crippen LogP contribution in [-0.2, 0) is 14.4 Å². The first kappa shape index (κ1) is 20.3. The lowest BCUT2D eigenvalue weighted by molar-refractivity contribution is -0.169. The lowest BCUT2D eigenvalue weighted by Crippen LogP contribution is -2.81. The van der Waals surface area contributed by atoms with Gasteiger partial charge in [0.2, 0.25) is 5.91 Å². The van der Waals surface area contributed by atoms with E-state index in [2.05, 4.69) is 17.2 Å². The molecule has 2 bridgehead atoms. The molecule has 0 aliphatic carbocycles. The fraction of sp³-hybridized carbons (Fsp3) is 0.423.